The van der Waals surface area contributed by atoms with Crippen molar-refractivity contribution in [2.24, 2.45) is 0 Å². The number of aliphatic hydroxyl groups is 1. The molecule has 1 aliphatic heterocycles. The van der Waals surface area contributed by atoms with Gasteiger partial charge in [0.25, 0.3) is 0 Å². The lowest BCUT2D eigenvalue weighted by Crippen LogP contribution is -2.22. The molecule has 1 atom stereocenters. The molecule has 1 N–H and O–H groups in total. The van der Waals surface area contributed by atoms with Gasteiger partial charge >= 0.3 is 0 Å². The van der Waals surface area contributed by atoms with Gasteiger partial charge in [-0.2, -0.15) is 0 Å². The molecule has 5 heteroatoms. The second-order valence-corrected chi connectivity index (χ2v) is 5.07. The SMILES string of the molecule is OC1CCN(c2cc(-c3cccs3)ncn2)C1. The highest BCUT2D eigenvalue weighted by molar-refractivity contribution is 7.13. The van der Waals surface area contributed by atoms with Gasteiger partial charge in [-0.25, -0.2) is 9.97 Å². The van der Waals surface area contributed by atoms with E-state index in [2.05, 4.69) is 20.9 Å². The molecule has 0 bridgehead atoms. The third-order valence-electron chi connectivity index (χ3n) is 2.91. The van der Waals surface area contributed by atoms with Crippen molar-refractivity contribution in [3.05, 3.63) is 29.9 Å². The van der Waals surface area contributed by atoms with Gasteiger partial charge in [-0.3, -0.25) is 0 Å². The van der Waals surface area contributed by atoms with Gasteiger partial charge in [0.15, 0.2) is 0 Å². The Hall–Kier alpha value is -1.46. The van der Waals surface area contributed by atoms with Crippen LogP contribution >= 0.6 is 11.3 Å². The Balaban J connectivity index is 1.89. The monoisotopic (exact) mass is 247 g/mol. The van der Waals surface area contributed by atoms with E-state index < -0.39 is 0 Å². The van der Waals surface area contributed by atoms with E-state index in [1.165, 1.54) is 0 Å². The molecule has 2 aromatic heterocycles. The van der Waals surface area contributed by atoms with Crippen molar-refractivity contribution in [3.63, 3.8) is 0 Å². The maximum Gasteiger partial charge on any atom is 0.132 e. The van der Waals surface area contributed by atoms with Crippen molar-refractivity contribution >= 4 is 17.2 Å². The molecule has 17 heavy (non-hydrogen) atoms. The van der Waals surface area contributed by atoms with Gasteiger partial charge in [-0.05, 0) is 17.9 Å². The Labute approximate surface area is 104 Å². The number of thiophene rings is 1. The standard InChI is InChI=1S/C12H13N3OS/c16-9-3-4-15(7-9)12-6-10(13-8-14-12)11-2-1-5-17-11/h1-2,5-6,8-9,16H,3-4,7H2. The number of hydrogen-bond donors (Lipinski definition) is 1. The molecule has 2 aromatic rings. The number of aromatic nitrogens is 2. The van der Waals surface area contributed by atoms with E-state index in [4.69, 9.17) is 0 Å². The van der Waals surface area contributed by atoms with Crippen LogP contribution < -0.4 is 4.90 Å². The zero-order valence-electron chi connectivity index (χ0n) is 9.28. The summed E-state index contributed by atoms with van der Waals surface area (Å²) in [6, 6.07) is 6.06. The van der Waals surface area contributed by atoms with Crippen molar-refractivity contribution < 1.29 is 5.11 Å². The summed E-state index contributed by atoms with van der Waals surface area (Å²) >= 11 is 1.67. The molecule has 1 unspecified atom stereocenters. The van der Waals surface area contributed by atoms with E-state index in [1.807, 2.05) is 17.5 Å². The van der Waals surface area contributed by atoms with Crippen LogP contribution in [0.25, 0.3) is 10.6 Å². The molecule has 4 nitrogen and oxygen atoms in total. The van der Waals surface area contributed by atoms with Crippen LogP contribution in [-0.2, 0) is 0 Å². The van der Waals surface area contributed by atoms with Crippen molar-refractivity contribution in [1.29, 1.82) is 0 Å². The first-order valence-electron chi connectivity index (χ1n) is 5.62. The minimum atomic E-state index is -0.227. The Kier molecular flexibility index (Phi) is 2.78. The number of rotatable bonds is 2. The average Bonchev–Trinajstić information content (AvgIpc) is 3.00. The summed E-state index contributed by atoms with van der Waals surface area (Å²) in [6.07, 6.45) is 2.18. The summed E-state index contributed by atoms with van der Waals surface area (Å²) in [5.41, 5.74) is 0.950. The first-order valence-corrected chi connectivity index (χ1v) is 6.50. The Morgan fingerprint density at radius 3 is 3.06 bits per heavy atom. The van der Waals surface area contributed by atoms with Gasteiger partial charge in [0.05, 0.1) is 16.7 Å². The van der Waals surface area contributed by atoms with Crippen molar-refractivity contribution in [2.75, 3.05) is 18.0 Å². The average molecular weight is 247 g/mol. The molecule has 3 rings (SSSR count). The lowest BCUT2D eigenvalue weighted by atomic mass is 10.3. The Morgan fingerprint density at radius 2 is 2.35 bits per heavy atom. The summed E-state index contributed by atoms with van der Waals surface area (Å²) in [5, 5.41) is 11.6. The smallest absolute Gasteiger partial charge is 0.132 e. The molecule has 0 radical (unpaired) electrons. The second kappa shape index (κ2) is 4.43. The number of β-amino-alcohol motifs (C(OH)–C–C–N with tert-alkyl or cyclic N) is 1. The zero-order valence-corrected chi connectivity index (χ0v) is 10.1. The topological polar surface area (TPSA) is 49.2 Å². The summed E-state index contributed by atoms with van der Waals surface area (Å²) in [6.45, 7) is 1.53. The fourth-order valence-corrected chi connectivity index (χ4v) is 2.72. The number of hydrogen-bond acceptors (Lipinski definition) is 5. The van der Waals surface area contributed by atoms with E-state index in [9.17, 15) is 5.11 Å². The van der Waals surface area contributed by atoms with E-state index in [-0.39, 0.29) is 6.10 Å². The molecular weight excluding hydrogens is 234 g/mol. The second-order valence-electron chi connectivity index (χ2n) is 4.13. The van der Waals surface area contributed by atoms with E-state index in [1.54, 1.807) is 17.7 Å². The highest BCUT2D eigenvalue weighted by Crippen LogP contribution is 2.26. The van der Waals surface area contributed by atoms with Crippen LogP contribution in [0.2, 0.25) is 0 Å². The van der Waals surface area contributed by atoms with Crippen LogP contribution in [0.3, 0.4) is 0 Å². The molecule has 88 valence electrons. The van der Waals surface area contributed by atoms with Gasteiger partial charge in [0.2, 0.25) is 0 Å². The fraction of sp³-hybridized carbons (Fsp3) is 0.333. The van der Waals surface area contributed by atoms with Gasteiger partial charge in [-0.15, -0.1) is 11.3 Å². The van der Waals surface area contributed by atoms with E-state index >= 15 is 0 Å². The molecule has 1 fully saturated rings. The first kappa shape index (κ1) is 10.7. The maximum atomic E-state index is 9.53. The first-order chi connectivity index (χ1) is 8.33. The molecule has 0 spiro atoms. The Bertz CT molecular complexity index is 500. The molecule has 0 aliphatic carbocycles. The minimum Gasteiger partial charge on any atom is -0.391 e. The molecule has 1 aliphatic rings. The number of anilines is 1. The van der Waals surface area contributed by atoms with Crippen molar-refractivity contribution in [2.45, 2.75) is 12.5 Å². The normalized spacial score (nSPS) is 19.8. The third kappa shape index (κ3) is 2.16. The highest BCUT2D eigenvalue weighted by Gasteiger charge is 2.21. The Morgan fingerprint density at radius 1 is 1.41 bits per heavy atom. The third-order valence-corrected chi connectivity index (χ3v) is 3.81. The summed E-state index contributed by atoms with van der Waals surface area (Å²) in [5.74, 6) is 0.903. The maximum absolute atomic E-state index is 9.53. The van der Waals surface area contributed by atoms with Crippen molar-refractivity contribution in [1.82, 2.24) is 9.97 Å². The van der Waals surface area contributed by atoms with Gasteiger partial charge in [0, 0.05) is 19.2 Å². The van der Waals surface area contributed by atoms with Gasteiger partial charge in [0.1, 0.15) is 12.1 Å². The molecule has 0 aromatic carbocycles. The largest absolute Gasteiger partial charge is 0.391 e. The van der Waals surface area contributed by atoms with E-state index in [0.29, 0.717) is 6.54 Å². The number of aliphatic hydroxyl groups excluding tert-OH is 1. The van der Waals surface area contributed by atoms with Crippen LogP contribution in [0.15, 0.2) is 29.9 Å². The lowest BCUT2D eigenvalue weighted by molar-refractivity contribution is 0.198. The lowest BCUT2D eigenvalue weighted by Gasteiger charge is -2.16. The minimum absolute atomic E-state index is 0.227. The summed E-state index contributed by atoms with van der Waals surface area (Å²) < 4.78 is 0. The van der Waals surface area contributed by atoms with Gasteiger partial charge < -0.3 is 10.0 Å². The fourth-order valence-electron chi connectivity index (χ4n) is 2.03. The molecule has 0 amide bonds. The van der Waals surface area contributed by atoms with Gasteiger partial charge in [-0.1, -0.05) is 6.07 Å². The zero-order chi connectivity index (χ0) is 11.7. The molecular formula is C12H13N3OS. The van der Waals surface area contributed by atoms with Crippen LogP contribution in [0.5, 0.6) is 0 Å². The van der Waals surface area contributed by atoms with Crippen molar-refractivity contribution in [3.8, 4) is 10.6 Å². The van der Waals surface area contributed by atoms with E-state index in [0.717, 1.165) is 29.4 Å². The molecule has 1 saturated heterocycles. The molecule has 3 heterocycles. The number of nitrogens with zero attached hydrogens (tertiary/aromatic N) is 3. The van der Waals surface area contributed by atoms with Crippen LogP contribution in [0.4, 0.5) is 5.82 Å². The quantitative estimate of drug-likeness (QED) is 0.878. The summed E-state index contributed by atoms with van der Waals surface area (Å²) in [4.78, 5) is 11.8. The van der Waals surface area contributed by atoms with Crippen LogP contribution in [0.1, 0.15) is 6.42 Å². The summed E-state index contributed by atoms with van der Waals surface area (Å²) in [7, 11) is 0. The van der Waals surface area contributed by atoms with Crippen LogP contribution in [-0.4, -0.2) is 34.3 Å². The van der Waals surface area contributed by atoms with Crippen LogP contribution in [0, 0.1) is 0 Å². The predicted molar refractivity (Wildman–Crippen MR) is 68.2 cm³/mol. The highest BCUT2D eigenvalue weighted by atomic mass is 32.1. The predicted octanol–water partition coefficient (Wildman–Crippen LogP) is 1.78. The molecule has 0 saturated carbocycles.